The largest absolute Gasteiger partial charge is 0.443 e. The number of anilines is 3. The van der Waals surface area contributed by atoms with Crippen molar-refractivity contribution in [2.45, 2.75) is 63.7 Å². The second kappa shape index (κ2) is 10.8. The lowest BCUT2D eigenvalue weighted by atomic mass is 9.78. The summed E-state index contributed by atoms with van der Waals surface area (Å²) in [5.41, 5.74) is 0.923. The van der Waals surface area contributed by atoms with Crippen molar-refractivity contribution < 1.29 is 19.1 Å². The molecule has 0 aromatic carbocycles. The number of hydrogen-bond donors (Lipinski definition) is 1. The van der Waals surface area contributed by atoms with Crippen LogP contribution in [0.3, 0.4) is 0 Å². The summed E-state index contributed by atoms with van der Waals surface area (Å²) in [5, 5.41) is 3.98. The highest BCUT2D eigenvalue weighted by atomic mass is 16.6. The van der Waals surface area contributed by atoms with Gasteiger partial charge in [-0.2, -0.15) is 4.98 Å². The summed E-state index contributed by atoms with van der Waals surface area (Å²) < 4.78 is 13.3. The Labute approximate surface area is 246 Å². The molecule has 0 unspecified atom stereocenters. The molecular formula is C30H40N8O4. The molecule has 12 nitrogen and oxygen atoms in total. The van der Waals surface area contributed by atoms with Gasteiger partial charge in [0.1, 0.15) is 22.8 Å². The molecule has 1 N–H and O–H groups in total. The number of pyridine rings is 1. The number of imide groups is 1. The fourth-order valence-electron chi connectivity index (χ4n) is 6.30. The van der Waals surface area contributed by atoms with Crippen molar-refractivity contribution >= 4 is 40.5 Å². The summed E-state index contributed by atoms with van der Waals surface area (Å²) in [7, 11) is 3.87. The van der Waals surface area contributed by atoms with Crippen LogP contribution < -0.4 is 10.2 Å². The van der Waals surface area contributed by atoms with E-state index in [-0.39, 0.29) is 12.6 Å². The number of methoxy groups -OCH3 is 1. The highest BCUT2D eigenvalue weighted by Crippen LogP contribution is 2.43. The molecule has 2 fully saturated rings. The van der Waals surface area contributed by atoms with Crippen molar-refractivity contribution in [2.75, 3.05) is 57.1 Å². The predicted octanol–water partition coefficient (Wildman–Crippen LogP) is 4.00. The Kier molecular flexibility index (Phi) is 7.30. The second-order valence-electron chi connectivity index (χ2n) is 12.7. The van der Waals surface area contributed by atoms with Gasteiger partial charge in [0.2, 0.25) is 5.95 Å². The number of hydrogen-bond acceptors (Lipinski definition) is 10. The quantitative estimate of drug-likeness (QED) is 0.488. The fraction of sp³-hybridized carbons (Fsp3) is 0.567. The number of amides is 2. The van der Waals surface area contributed by atoms with Crippen molar-refractivity contribution in [3.63, 3.8) is 0 Å². The molecular weight excluding hydrogens is 536 g/mol. The van der Waals surface area contributed by atoms with Gasteiger partial charge in [-0.1, -0.05) is 0 Å². The van der Waals surface area contributed by atoms with E-state index in [1.54, 1.807) is 40.1 Å². The smallest absolute Gasteiger partial charge is 0.417 e. The Morgan fingerprint density at radius 1 is 1.07 bits per heavy atom. The minimum Gasteiger partial charge on any atom is -0.443 e. The molecule has 0 radical (unpaired) electrons. The first-order valence-corrected chi connectivity index (χ1v) is 14.7. The highest BCUT2D eigenvalue weighted by Gasteiger charge is 2.49. The molecule has 1 saturated heterocycles. The van der Waals surface area contributed by atoms with Gasteiger partial charge in [-0.3, -0.25) is 4.79 Å². The van der Waals surface area contributed by atoms with Gasteiger partial charge in [-0.05, 0) is 71.7 Å². The lowest BCUT2D eigenvalue weighted by Gasteiger charge is -2.47. The van der Waals surface area contributed by atoms with Gasteiger partial charge in [0.25, 0.3) is 5.91 Å². The van der Waals surface area contributed by atoms with Gasteiger partial charge < -0.3 is 29.2 Å². The van der Waals surface area contributed by atoms with Gasteiger partial charge in [0.05, 0.1) is 30.1 Å². The summed E-state index contributed by atoms with van der Waals surface area (Å²) in [6.45, 7) is 9.62. The van der Waals surface area contributed by atoms with Crippen LogP contribution in [0.1, 0.15) is 56.9 Å². The molecule has 1 saturated carbocycles. The summed E-state index contributed by atoms with van der Waals surface area (Å²) >= 11 is 0. The highest BCUT2D eigenvalue weighted by molar-refractivity contribution is 6.06. The number of aromatic nitrogens is 4. The molecule has 2 aliphatic heterocycles. The fourth-order valence-corrected chi connectivity index (χ4v) is 6.30. The molecule has 2 amide bonds. The Hall–Kier alpha value is -3.77. The van der Waals surface area contributed by atoms with Crippen LogP contribution in [0.5, 0.6) is 0 Å². The zero-order valence-electron chi connectivity index (χ0n) is 25.1. The van der Waals surface area contributed by atoms with Gasteiger partial charge in [0, 0.05) is 44.9 Å². The van der Waals surface area contributed by atoms with Gasteiger partial charge >= 0.3 is 6.09 Å². The molecule has 224 valence electrons. The maximum absolute atomic E-state index is 13.7. The van der Waals surface area contributed by atoms with E-state index >= 15 is 0 Å². The van der Waals surface area contributed by atoms with E-state index in [1.807, 2.05) is 16.8 Å². The Bertz CT molecular complexity index is 1460. The van der Waals surface area contributed by atoms with E-state index in [9.17, 15) is 9.59 Å². The molecule has 3 aromatic rings. The third kappa shape index (κ3) is 5.40. The van der Waals surface area contributed by atoms with Crippen LogP contribution in [0, 0.1) is 0 Å². The Balaban J connectivity index is 1.31. The first-order valence-electron chi connectivity index (χ1n) is 14.7. The van der Waals surface area contributed by atoms with E-state index in [4.69, 9.17) is 14.5 Å². The topological polar surface area (TPSA) is 118 Å². The van der Waals surface area contributed by atoms with Crippen LogP contribution in [0.25, 0.3) is 11.0 Å². The minimum absolute atomic E-state index is 0.139. The lowest BCUT2D eigenvalue weighted by molar-refractivity contribution is -0.00747. The van der Waals surface area contributed by atoms with Gasteiger partial charge in [-0.25, -0.2) is 19.7 Å². The first kappa shape index (κ1) is 28.4. The number of nitrogens with zero attached hydrogens (tertiary/aromatic N) is 7. The maximum Gasteiger partial charge on any atom is 0.417 e. The van der Waals surface area contributed by atoms with Crippen molar-refractivity contribution in [2.24, 2.45) is 0 Å². The third-order valence-electron chi connectivity index (χ3n) is 8.60. The van der Waals surface area contributed by atoms with Gasteiger partial charge in [0.15, 0.2) is 0 Å². The third-order valence-corrected chi connectivity index (χ3v) is 8.60. The average Bonchev–Trinajstić information content (AvgIpc) is 3.36. The average molecular weight is 577 g/mol. The minimum atomic E-state index is -0.717. The normalized spacial score (nSPS) is 23.4. The summed E-state index contributed by atoms with van der Waals surface area (Å²) in [6, 6.07) is 5.78. The summed E-state index contributed by atoms with van der Waals surface area (Å²) in [5.74, 6) is 0.642. The van der Waals surface area contributed by atoms with Crippen LogP contribution in [0.15, 0.2) is 30.6 Å². The lowest BCUT2D eigenvalue weighted by Crippen LogP contribution is -2.57. The number of piperazine rings is 1. The van der Waals surface area contributed by atoms with Crippen LogP contribution in [-0.4, -0.2) is 99.9 Å². The van der Waals surface area contributed by atoms with E-state index in [0.29, 0.717) is 23.1 Å². The Morgan fingerprint density at radius 3 is 2.45 bits per heavy atom. The molecule has 6 rings (SSSR count). The zero-order valence-corrected chi connectivity index (χ0v) is 25.1. The second-order valence-corrected chi connectivity index (χ2v) is 12.7. The standard InChI is InChI=1S/C30H40N8O4/c1-29(2,3)42-28(40)37-19-30(10-8-22(41-5)9-11-30)38-23(26(37)39)16-20-17-32-27(34-25(20)38)33-24-7-6-21(18-31-24)36-14-12-35(4)13-15-36/h6-7,16-18,22H,8-15,19H2,1-5H3,(H,31,32,33,34). The Morgan fingerprint density at radius 2 is 1.81 bits per heavy atom. The van der Waals surface area contributed by atoms with Crippen LogP contribution in [-0.2, 0) is 15.0 Å². The SMILES string of the molecule is COC1CCC2(CC1)CN(C(=O)OC(C)(C)C)C(=O)c1cc3cnc(Nc4ccc(N5CCN(C)CC5)cn4)nc3n12. The van der Waals surface area contributed by atoms with E-state index in [0.717, 1.165) is 62.9 Å². The number of rotatable bonds is 4. The molecule has 1 spiro atoms. The van der Waals surface area contributed by atoms with E-state index < -0.39 is 23.1 Å². The van der Waals surface area contributed by atoms with Crippen LogP contribution in [0.2, 0.25) is 0 Å². The van der Waals surface area contributed by atoms with E-state index in [1.165, 1.54) is 4.90 Å². The number of nitrogens with one attached hydrogen (secondary N) is 1. The van der Waals surface area contributed by atoms with Crippen molar-refractivity contribution in [3.8, 4) is 0 Å². The summed E-state index contributed by atoms with van der Waals surface area (Å²) in [4.78, 5) is 46.8. The number of likely N-dealkylation sites (N-methyl/N-ethyl adjacent to an activating group) is 1. The number of carbonyl (C=O) groups excluding carboxylic acids is 2. The van der Waals surface area contributed by atoms with Crippen molar-refractivity contribution in [1.29, 1.82) is 0 Å². The van der Waals surface area contributed by atoms with Crippen molar-refractivity contribution in [1.82, 2.24) is 29.3 Å². The molecule has 0 bridgehead atoms. The van der Waals surface area contributed by atoms with Crippen LogP contribution >= 0.6 is 0 Å². The van der Waals surface area contributed by atoms with Crippen LogP contribution in [0.4, 0.5) is 22.2 Å². The molecule has 42 heavy (non-hydrogen) atoms. The predicted molar refractivity (Wildman–Crippen MR) is 159 cm³/mol. The van der Waals surface area contributed by atoms with Gasteiger partial charge in [-0.15, -0.1) is 0 Å². The maximum atomic E-state index is 13.7. The zero-order chi connectivity index (χ0) is 29.6. The summed E-state index contributed by atoms with van der Waals surface area (Å²) in [6.07, 6.45) is 6.19. The molecule has 3 aromatic heterocycles. The molecule has 0 atom stereocenters. The molecule has 3 aliphatic rings. The number of carbonyl (C=O) groups is 2. The monoisotopic (exact) mass is 576 g/mol. The number of fused-ring (bicyclic) bond motifs is 4. The molecule has 1 aliphatic carbocycles. The molecule has 5 heterocycles. The van der Waals surface area contributed by atoms with Crippen molar-refractivity contribution in [3.05, 3.63) is 36.3 Å². The van der Waals surface area contributed by atoms with E-state index in [2.05, 4.69) is 38.2 Å². The number of ether oxygens (including phenoxy) is 2. The molecule has 12 heteroatoms. The first-order chi connectivity index (χ1) is 20.0.